The van der Waals surface area contributed by atoms with Crippen LogP contribution in [0.5, 0.6) is 0 Å². The molecule has 230 valence electrons. The van der Waals surface area contributed by atoms with E-state index in [0.717, 1.165) is 72.0 Å². The average molecular weight is 649 g/mol. The summed E-state index contributed by atoms with van der Waals surface area (Å²) >= 11 is 1.81. The number of oxazole rings is 1. The van der Waals surface area contributed by atoms with Gasteiger partial charge in [0.2, 0.25) is 5.89 Å². The zero-order valence-electron chi connectivity index (χ0n) is 25.9. The van der Waals surface area contributed by atoms with E-state index in [9.17, 15) is 0 Å². The van der Waals surface area contributed by atoms with Gasteiger partial charge in [-0.25, -0.2) is 4.98 Å². The standard InChI is InChI=1S/C43H24N2O3S/c1-2-10-25(11-3-1)43-44-34-24-33-29-13-5-8-16-36(29)47-41(33)40(42(34)48-43)45(26-19-21-39-32(22-26)31-14-6-9-17-38(31)49-39)27-18-20-30-28-12-4-7-15-35(28)46-37(30)23-27/h1-24H. The number of para-hydroxylation sites is 2. The minimum Gasteiger partial charge on any atom is -0.456 e. The lowest BCUT2D eigenvalue weighted by molar-refractivity contribution is 0.618. The average Bonchev–Trinajstić information content (AvgIpc) is 3.93. The molecule has 11 rings (SSSR count). The topological polar surface area (TPSA) is 55.6 Å². The molecule has 0 N–H and O–H groups in total. The zero-order chi connectivity index (χ0) is 32.1. The van der Waals surface area contributed by atoms with Crippen molar-refractivity contribution in [1.29, 1.82) is 0 Å². The minimum absolute atomic E-state index is 0.556. The van der Waals surface area contributed by atoms with Crippen molar-refractivity contribution in [3.63, 3.8) is 0 Å². The second-order valence-electron chi connectivity index (χ2n) is 12.3. The quantitative estimate of drug-likeness (QED) is 0.190. The van der Waals surface area contributed by atoms with Crippen molar-refractivity contribution in [2.75, 3.05) is 4.90 Å². The zero-order valence-corrected chi connectivity index (χ0v) is 26.7. The number of fused-ring (bicyclic) bond motifs is 10. The predicted molar refractivity (Wildman–Crippen MR) is 202 cm³/mol. The summed E-state index contributed by atoms with van der Waals surface area (Å²) in [4.78, 5) is 7.30. The normalized spacial score (nSPS) is 12.1. The SMILES string of the molecule is c1ccc(-c2nc3cc4c(oc5ccccc54)c(N(c4ccc5c(c4)oc4ccccc45)c4ccc5sc6ccccc6c5c4)c3o2)cc1. The molecule has 0 saturated carbocycles. The molecule has 0 spiro atoms. The van der Waals surface area contributed by atoms with Gasteiger partial charge in [-0.1, -0.05) is 72.8 Å². The lowest BCUT2D eigenvalue weighted by Crippen LogP contribution is -2.10. The fraction of sp³-hybridized carbons (Fsp3) is 0. The van der Waals surface area contributed by atoms with Crippen LogP contribution < -0.4 is 4.90 Å². The van der Waals surface area contributed by atoms with E-state index in [4.69, 9.17) is 18.2 Å². The Kier molecular flexibility index (Phi) is 5.48. The Bertz CT molecular complexity index is 3070. The van der Waals surface area contributed by atoms with Crippen molar-refractivity contribution in [3.05, 3.63) is 146 Å². The van der Waals surface area contributed by atoms with E-state index in [1.54, 1.807) is 11.3 Å². The van der Waals surface area contributed by atoms with Crippen LogP contribution in [0.25, 0.3) is 86.6 Å². The molecular weight excluding hydrogens is 625 g/mol. The highest BCUT2D eigenvalue weighted by molar-refractivity contribution is 7.25. The number of benzene rings is 7. The fourth-order valence-corrected chi connectivity index (χ4v) is 8.33. The van der Waals surface area contributed by atoms with Crippen molar-refractivity contribution in [3.8, 4) is 11.5 Å². The van der Waals surface area contributed by atoms with Crippen LogP contribution >= 0.6 is 11.3 Å². The van der Waals surface area contributed by atoms with Crippen molar-refractivity contribution >= 4 is 104 Å². The van der Waals surface area contributed by atoms with Crippen molar-refractivity contribution in [2.45, 2.75) is 0 Å². The lowest BCUT2D eigenvalue weighted by Gasteiger charge is -2.25. The van der Waals surface area contributed by atoms with Crippen molar-refractivity contribution in [1.82, 2.24) is 4.98 Å². The number of furan rings is 2. The molecule has 0 bridgehead atoms. The van der Waals surface area contributed by atoms with Gasteiger partial charge >= 0.3 is 0 Å². The van der Waals surface area contributed by atoms with Gasteiger partial charge in [0.25, 0.3) is 0 Å². The van der Waals surface area contributed by atoms with Gasteiger partial charge in [-0.05, 0) is 66.7 Å². The maximum atomic E-state index is 6.76. The Hall–Kier alpha value is -6.37. The van der Waals surface area contributed by atoms with Crippen molar-refractivity contribution in [2.24, 2.45) is 0 Å². The summed E-state index contributed by atoms with van der Waals surface area (Å²) in [6, 6.07) is 50.1. The molecule has 0 fully saturated rings. The Morgan fingerprint density at radius 2 is 1.10 bits per heavy atom. The molecule has 0 saturated heterocycles. The first-order valence-corrected chi connectivity index (χ1v) is 17.0. The summed E-state index contributed by atoms with van der Waals surface area (Å²) in [6.45, 7) is 0. The van der Waals surface area contributed by atoms with E-state index in [-0.39, 0.29) is 0 Å². The molecule has 0 aliphatic carbocycles. The Labute approximate surface area is 282 Å². The van der Waals surface area contributed by atoms with Crippen LogP contribution in [0.3, 0.4) is 0 Å². The highest BCUT2D eigenvalue weighted by atomic mass is 32.1. The number of hydrogen-bond acceptors (Lipinski definition) is 6. The largest absolute Gasteiger partial charge is 0.456 e. The van der Waals surface area contributed by atoms with Gasteiger partial charge in [0.15, 0.2) is 11.2 Å². The molecule has 49 heavy (non-hydrogen) atoms. The molecule has 4 aromatic heterocycles. The van der Waals surface area contributed by atoms with E-state index in [2.05, 4.69) is 83.8 Å². The van der Waals surface area contributed by atoms with Gasteiger partial charge in [0.1, 0.15) is 28.0 Å². The lowest BCUT2D eigenvalue weighted by atomic mass is 10.1. The highest BCUT2D eigenvalue weighted by Gasteiger charge is 2.27. The first-order chi connectivity index (χ1) is 24.3. The number of hydrogen-bond donors (Lipinski definition) is 0. The maximum Gasteiger partial charge on any atom is 0.227 e. The van der Waals surface area contributed by atoms with E-state index < -0.39 is 0 Å². The van der Waals surface area contributed by atoms with E-state index in [0.29, 0.717) is 11.5 Å². The predicted octanol–water partition coefficient (Wildman–Crippen LogP) is 13.1. The fourth-order valence-electron chi connectivity index (χ4n) is 7.25. The van der Waals surface area contributed by atoms with Gasteiger partial charge < -0.3 is 18.2 Å². The Morgan fingerprint density at radius 1 is 0.449 bits per heavy atom. The molecule has 0 amide bonds. The minimum atomic E-state index is 0.556. The molecule has 4 heterocycles. The van der Waals surface area contributed by atoms with Gasteiger partial charge in [0, 0.05) is 59.0 Å². The number of aromatic nitrogens is 1. The molecule has 11 aromatic rings. The summed E-state index contributed by atoms with van der Waals surface area (Å²) in [5.41, 5.74) is 8.18. The smallest absolute Gasteiger partial charge is 0.227 e. The molecule has 0 aliphatic rings. The maximum absolute atomic E-state index is 6.76. The van der Waals surface area contributed by atoms with Crippen LogP contribution in [-0.2, 0) is 0 Å². The summed E-state index contributed by atoms with van der Waals surface area (Å²) in [6.07, 6.45) is 0. The van der Waals surface area contributed by atoms with Crippen LogP contribution in [0.1, 0.15) is 0 Å². The summed E-state index contributed by atoms with van der Waals surface area (Å²) < 4.78 is 22.4. The van der Waals surface area contributed by atoms with Crippen LogP contribution in [0.15, 0.2) is 159 Å². The molecule has 5 nitrogen and oxygen atoms in total. The third-order valence-corrected chi connectivity index (χ3v) is 10.6. The second-order valence-corrected chi connectivity index (χ2v) is 13.4. The molecule has 7 aromatic carbocycles. The monoisotopic (exact) mass is 648 g/mol. The molecule has 0 atom stereocenters. The van der Waals surface area contributed by atoms with E-state index >= 15 is 0 Å². The summed E-state index contributed by atoms with van der Waals surface area (Å²) in [5.74, 6) is 0.556. The molecular formula is C43H24N2O3S. The highest BCUT2D eigenvalue weighted by Crippen LogP contribution is 2.49. The van der Waals surface area contributed by atoms with E-state index in [1.165, 1.54) is 20.2 Å². The van der Waals surface area contributed by atoms with E-state index in [1.807, 2.05) is 66.7 Å². The second kappa shape index (κ2) is 10.1. The third kappa shape index (κ3) is 3.95. The van der Waals surface area contributed by atoms with Crippen LogP contribution in [0, 0.1) is 0 Å². The van der Waals surface area contributed by atoms with Gasteiger partial charge in [0.05, 0.1) is 5.69 Å². The number of anilines is 3. The van der Waals surface area contributed by atoms with Crippen LogP contribution in [0.4, 0.5) is 17.1 Å². The molecule has 6 heteroatoms. The summed E-state index contributed by atoms with van der Waals surface area (Å²) in [5, 5.41) is 6.58. The Balaban J connectivity index is 1.27. The number of rotatable bonds is 4. The molecule has 0 unspecified atom stereocenters. The first-order valence-electron chi connectivity index (χ1n) is 16.2. The van der Waals surface area contributed by atoms with Gasteiger partial charge in [-0.3, -0.25) is 0 Å². The number of thiophene rings is 1. The summed E-state index contributed by atoms with van der Waals surface area (Å²) in [7, 11) is 0. The Morgan fingerprint density at radius 3 is 1.96 bits per heavy atom. The van der Waals surface area contributed by atoms with Crippen molar-refractivity contribution < 1.29 is 13.3 Å². The molecule has 0 radical (unpaired) electrons. The molecule has 0 aliphatic heterocycles. The first kappa shape index (κ1) is 26.7. The van der Waals surface area contributed by atoms with Gasteiger partial charge in [-0.2, -0.15) is 0 Å². The van der Waals surface area contributed by atoms with Gasteiger partial charge in [-0.15, -0.1) is 11.3 Å². The van der Waals surface area contributed by atoms with Crippen LogP contribution in [-0.4, -0.2) is 4.98 Å². The number of nitrogens with zero attached hydrogens (tertiary/aromatic N) is 2. The van der Waals surface area contributed by atoms with Crippen LogP contribution in [0.2, 0.25) is 0 Å². The third-order valence-electron chi connectivity index (χ3n) is 9.48.